The lowest BCUT2D eigenvalue weighted by atomic mass is 10.0. The lowest BCUT2D eigenvalue weighted by Gasteiger charge is -2.07. The number of nitrogens with one attached hydrogen (secondary N) is 1. The van der Waals surface area contributed by atoms with E-state index in [1.807, 2.05) is 25.1 Å². The first kappa shape index (κ1) is 10.3. The van der Waals surface area contributed by atoms with Crippen LogP contribution in [0.4, 0.5) is 0 Å². The van der Waals surface area contributed by atoms with Crippen molar-refractivity contribution in [3.8, 4) is 11.4 Å². The van der Waals surface area contributed by atoms with E-state index in [9.17, 15) is 4.79 Å². The molecule has 3 rings (SSSR count). The van der Waals surface area contributed by atoms with Gasteiger partial charge in [0.05, 0.1) is 0 Å². The summed E-state index contributed by atoms with van der Waals surface area (Å²) in [7, 11) is 0. The number of rotatable bonds is 2. The van der Waals surface area contributed by atoms with Gasteiger partial charge in [0.15, 0.2) is 0 Å². The monoisotopic (exact) mass is 226 g/mol. The first-order valence-corrected chi connectivity index (χ1v) is 5.91. The predicted molar refractivity (Wildman–Crippen MR) is 67.0 cm³/mol. The van der Waals surface area contributed by atoms with Gasteiger partial charge < -0.3 is 4.98 Å². The highest BCUT2D eigenvalue weighted by Gasteiger charge is 2.26. The maximum atomic E-state index is 11.5. The molecule has 1 fully saturated rings. The summed E-state index contributed by atoms with van der Waals surface area (Å²) in [5.74, 6) is 1.34. The normalized spacial score (nSPS) is 14.9. The van der Waals surface area contributed by atoms with E-state index in [1.165, 1.54) is 24.5 Å². The van der Waals surface area contributed by atoms with E-state index in [1.54, 1.807) is 0 Å². The predicted octanol–water partition coefficient (Wildman–Crippen LogP) is 2.62. The van der Waals surface area contributed by atoms with Crippen molar-refractivity contribution in [3.63, 3.8) is 0 Å². The molecule has 0 unspecified atom stereocenters. The second-order valence-electron chi connectivity index (χ2n) is 4.60. The summed E-state index contributed by atoms with van der Waals surface area (Å²) in [4.78, 5) is 18.7. The number of aromatic amines is 1. The highest BCUT2D eigenvalue weighted by Crippen LogP contribution is 2.43. The van der Waals surface area contributed by atoms with Crippen LogP contribution in [0.5, 0.6) is 0 Å². The average Bonchev–Trinajstić information content (AvgIpc) is 3.11. The highest BCUT2D eigenvalue weighted by molar-refractivity contribution is 5.61. The van der Waals surface area contributed by atoms with E-state index < -0.39 is 0 Å². The molecule has 17 heavy (non-hydrogen) atoms. The molecule has 1 aliphatic carbocycles. The van der Waals surface area contributed by atoms with Crippen LogP contribution in [0.25, 0.3) is 11.4 Å². The van der Waals surface area contributed by atoms with E-state index in [4.69, 9.17) is 0 Å². The van der Waals surface area contributed by atoms with Crippen molar-refractivity contribution in [1.82, 2.24) is 9.97 Å². The second kappa shape index (κ2) is 3.84. The first-order valence-electron chi connectivity index (χ1n) is 5.91. The van der Waals surface area contributed by atoms with Crippen LogP contribution >= 0.6 is 0 Å². The Labute approximate surface area is 99.5 Å². The lowest BCUT2D eigenvalue weighted by Crippen LogP contribution is -2.09. The van der Waals surface area contributed by atoms with E-state index in [-0.39, 0.29) is 5.56 Å². The summed E-state index contributed by atoms with van der Waals surface area (Å²) in [5, 5.41) is 0. The molecule has 0 amide bonds. The van der Waals surface area contributed by atoms with Gasteiger partial charge in [-0.15, -0.1) is 0 Å². The van der Waals surface area contributed by atoms with Gasteiger partial charge in [-0.2, -0.15) is 0 Å². The van der Waals surface area contributed by atoms with Crippen LogP contribution in [-0.2, 0) is 0 Å². The first-order chi connectivity index (χ1) is 8.24. The molecule has 1 aliphatic rings. The van der Waals surface area contributed by atoms with Gasteiger partial charge in [-0.05, 0) is 31.2 Å². The van der Waals surface area contributed by atoms with Crippen molar-refractivity contribution in [2.24, 2.45) is 0 Å². The molecule has 0 atom stereocenters. The van der Waals surface area contributed by atoms with Crippen LogP contribution in [0.2, 0.25) is 0 Å². The number of H-pyrrole nitrogens is 1. The average molecular weight is 226 g/mol. The quantitative estimate of drug-likeness (QED) is 0.855. The van der Waals surface area contributed by atoms with E-state index in [2.05, 4.69) is 16.0 Å². The molecule has 1 N–H and O–H groups in total. The minimum atomic E-state index is -0.0851. The zero-order valence-corrected chi connectivity index (χ0v) is 9.73. The van der Waals surface area contributed by atoms with Crippen LogP contribution in [0.15, 0.2) is 35.1 Å². The van der Waals surface area contributed by atoms with Gasteiger partial charge in [0.2, 0.25) is 0 Å². The largest absolute Gasteiger partial charge is 0.307 e. The molecule has 0 spiro atoms. The summed E-state index contributed by atoms with van der Waals surface area (Å²) in [6, 6.07) is 9.72. The smallest absolute Gasteiger partial charge is 0.251 e. The fourth-order valence-electron chi connectivity index (χ4n) is 2.17. The third-order valence-corrected chi connectivity index (χ3v) is 3.10. The molecule has 1 aromatic carbocycles. The number of aryl methyl sites for hydroxylation is 1. The Morgan fingerprint density at radius 2 is 2.06 bits per heavy atom. The Morgan fingerprint density at radius 3 is 2.76 bits per heavy atom. The van der Waals surface area contributed by atoms with E-state index in [0.29, 0.717) is 11.7 Å². The standard InChI is InChI=1S/C14H14N2O/c1-9-8-13(17)16-14(15-9)12-5-3-2-4-11(12)10-6-7-10/h2-5,8,10H,6-7H2,1H3,(H,15,16,17). The molecule has 86 valence electrons. The van der Waals surface area contributed by atoms with Crippen LogP contribution in [0.3, 0.4) is 0 Å². The van der Waals surface area contributed by atoms with Crippen LogP contribution in [-0.4, -0.2) is 9.97 Å². The zero-order chi connectivity index (χ0) is 11.8. The number of aromatic nitrogens is 2. The second-order valence-corrected chi connectivity index (χ2v) is 4.60. The van der Waals surface area contributed by atoms with Crippen molar-refractivity contribution in [2.45, 2.75) is 25.7 Å². The lowest BCUT2D eigenvalue weighted by molar-refractivity contribution is 1.05. The molecular weight excluding hydrogens is 212 g/mol. The molecule has 1 saturated carbocycles. The zero-order valence-electron chi connectivity index (χ0n) is 9.73. The molecule has 3 heteroatoms. The van der Waals surface area contributed by atoms with Crippen molar-refractivity contribution in [2.75, 3.05) is 0 Å². The van der Waals surface area contributed by atoms with Crippen LogP contribution < -0.4 is 5.56 Å². The van der Waals surface area contributed by atoms with Gasteiger partial charge in [0.25, 0.3) is 5.56 Å². The van der Waals surface area contributed by atoms with Gasteiger partial charge in [0.1, 0.15) is 5.82 Å². The summed E-state index contributed by atoms with van der Waals surface area (Å²) in [6.07, 6.45) is 2.49. The van der Waals surface area contributed by atoms with Crippen LogP contribution in [0, 0.1) is 6.92 Å². The van der Waals surface area contributed by atoms with Gasteiger partial charge in [-0.3, -0.25) is 4.79 Å². The molecule has 0 saturated heterocycles. The van der Waals surface area contributed by atoms with Crippen molar-refractivity contribution < 1.29 is 0 Å². The number of hydrogen-bond acceptors (Lipinski definition) is 2. The maximum absolute atomic E-state index is 11.5. The highest BCUT2D eigenvalue weighted by atomic mass is 16.1. The summed E-state index contributed by atoms with van der Waals surface area (Å²) < 4.78 is 0. The van der Waals surface area contributed by atoms with Crippen molar-refractivity contribution in [1.29, 1.82) is 0 Å². The number of hydrogen-bond donors (Lipinski definition) is 1. The SMILES string of the molecule is Cc1cc(=O)[nH]c(-c2ccccc2C2CC2)n1. The third-order valence-electron chi connectivity index (χ3n) is 3.10. The molecular formula is C14H14N2O. The fourth-order valence-corrected chi connectivity index (χ4v) is 2.17. The molecule has 0 bridgehead atoms. The molecule has 1 aromatic heterocycles. The summed E-state index contributed by atoms with van der Waals surface area (Å²) in [5.41, 5.74) is 3.05. The summed E-state index contributed by atoms with van der Waals surface area (Å²) >= 11 is 0. The number of benzene rings is 1. The van der Waals surface area contributed by atoms with Gasteiger partial charge in [0, 0.05) is 17.3 Å². The van der Waals surface area contributed by atoms with Gasteiger partial charge >= 0.3 is 0 Å². The van der Waals surface area contributed by atoms with Gasteiger partial charge in [-0.1, -0.05) is 24.3 Å². The van der Waals surface area contributed by atoms with Crippen molar-refractivity contribution >= 4 is 0 Å². The molecule has 0 aliphatic heterocycles. The molecule has 3 nitrogen and oxygen atoms in total. The Kier molecular flexibility index (Phi) is 2.32. The topological polar surface area (TPSA) is 45.8 Å². The van der Waals surface area contributed by atoms with E-state index >= 15 is 0 Å². The molecule has 0 radical (unpaired) electrons. The Bertz CT molecular complexity index is 612. The van der Waals surface area contributed by atoms with Crippen LogP contribution in [0.1, 0.15) is 30.0 Å². The summed E-state index contributed by atoms with van der Waals surface area (Å²) in [6.45, 7) is 1.85. The minimum Gasteiger partial charge on any atom is -0.307 e. The Balaban J connectivity index is 2.17. The van der Waals surface area contributed by atoms with Crippen molar-refractivity contribution in [3.05, 3.63) is 51.9 Å². The minimum absolute atomic E-state index is 0.0851. The number of nitrogens with zero attached hydrogens (tertiary/aromatic N) is 1. The Morgan fingerprint density at radius 1 is 1.29 bits per heavy atom. The fraction of sp³-hybridized carbons (Fsp3) is 0.286. The molecule has 1 heterocycles. The van der Waals surface area contributed by atoms with Gasteiger partial charge in [-0.25, -0.2) is 4.98 Å². The Hall–Kier alpha value is -1.90. The van der Waals surface area contributed by atoms with E-state index in [0.717, 1.165) is 11.3 Å². The molecule has 2 aromatic rings. The maximum Gasteiger partial charge on any atom is 0.251 e. The third kappa shape index (κ3) is 2.00.